The third-order valence-electron chi connectivity index (χ3n) is 5.49. The van der Waals surface area contributed by atoms with Crippen molar-refractivity contribution < 1.29 is 18.8 Å². The van der Waals surface area contributed by atoms with Crippen LogP contribution in [0, 0.1) is 5.82 Å². The third kappa shape index (κ3) is 5.68. The largest absolute Gasteiger partial charge is 0.344 e. The summed E-state index contributed by atoms with van der Waals surface area (Å²) in [5.74, 6) is -0.880. The van der Waals surface area contributed by atoms with Gasteiger partial charge >= 0.3 is 6.03 Å². The molecule has 2 aliphatic rings. The molecule has 4 amide bonds. The number of benzene rings is 1. The van der Waals surface area contributed by atoms with Crippen molar-refractivity contribution in [3.63, 3.8) is 0 Å². The van der Waals surface area contributed by atoms with Gasteiger partial charge in [-0.3, -0.25) is 9.59 Å². The first-order valence-corrected chi connectivity index (χ1v) is 10.3. The van der Waals surface area contributed by atoms with Crippen LogP contribution in [0.4, 0.5) is 9.18 Å². The highest BCUT2D eigenvalue weighted by Gasteiger charge is 2.31. The van der Waals surface area contributed by atoms with Crippen molar-refractivity contribution in [2.75, 3.05) is 39.3 Å². The Balaban J connectivity index is 1.58. The van der Waals surface area contributed by atoms with Gasteiger partial charge in [0.2, 0.25) is 11.8 Å². The number of amides is 4. The number of carbonyl (C=O) groups excluding carboxylic acids is 3. The summed E-state index contributed by atoms with van der Waals surface area (Å²) in [6.07, 6.45) is 3.48. The third-order valence-corrected chi connectivity index (χ3v) is 5.49. The van der Waals surface area contributed by atoms with Crippen LogP contribution in [0.2, 0.25) is 0 Å². The summed E-state index contributed by atoms with van der Waals surface area (Å²) in [6, 6.07) is 5.34. The molecule has 1 aromatic rings. The second-order valence-electron chi connectivity index (χ2n) is 7.73. The fourth-order valence-electron chi connectivity index (χ4n) is 3.97. The summed E-state index contributed by atoms with van der Waals surface area (Å²) < 4.78 is 13.5. The minimum absolute atomic E-state index is 0.0509. The van der Waals surface area contributed by atoms with Crippen molar-refractivity contribution in [1.29, 1.82) is 0 Å². The number of nitrogens with one attached hydrogen (secondary N) is 1. The molecule has 0 bridgehead atoms. The topological polar surface area (TPSA) is 73.0 Å². The van der Waals surface area contributed by atoms with Crippen molar-refractivity contribution in [2.24, 2.45) is 0 Å². The number of likely N-dealkylation sites (tertiary alicyclic amines) is 1. The van der Waals surface area contributed by atoms with Gasteiger partial charge in [0.15, 0.2) is 0 Å². The maximum atomic E-state index is 13.5. The second-order valence-corrected chi connectivity index (χ2v) is 7.73. The molecular formula is C21H29FN4O3. The lowest BCUT2D eigenvalue weighted by Crippen LogP contribution is -2.58. The van der Waals surface area contributed by atoms with Crippen LogP contribution in [0.3, 0.4) is 0 Å². The minimum Gasteiger partial charge on any atom is -0.344 e. The number of piperazine rings is 1. The van der Waals surface area contributed by atoms with E-state index in [0.29, 0.717) is 31.7 Å². The molecule has 1 atom stereocenters. The Bertz CT molecular complexity index is 743. The zero-order valence-electron chi connectivity index (χ0n) is 16.9. The van der Waals surface area contributed by atoms with E-state index in [9.17, 15) is 18.8 Å². The Labute approximate surface area is 170 Å². The predicted molar refractivity (Wildman–Crippen MR) is 107 cm³/mol. The van der Waals surface area contributed by atoms with Gasteiger partial charge in [-0.05, 0) is 37.0 Å². The average molecular weight is 404 g/mol. The monoisotopic (exact) mass is 404 g/mol. The van der Waals surface area contributed by atoms with E-state index in [1.54, 1.807) is 21.9 Å². The lowest BCUT2D eigenvalue weighted by atomic mass is 10.0. The fraction of sp³-hybridized carbons (Fsp3) is 0.571. The van der Waals surface area contributed by atoms with Crippen LogP contribution in [0.25, 0.3) is 0 Å². The summed E-state index contributed by atoms with van der Waals surface area (Å²) in [4.78, 5) is 42.6. The van der Waals surface area contributed by atoms with Crippen molar-refractivity contribution in [1.82, 2.24) is 20.0 Å². The minimum atomic E-state index is -0.751. The Morgan fingerprint density at radius 1 is 0.966 bits per heavy atom. The van der Waals surface area contributed by atoms with Gasteiger partial charge in [0, 0.05) is 52.6 Å². The van der Waals surface area contributed by atoms with Crippen LogP contribution >= 0.6 is 0 Å². The number of halogens is 1. The molecule has 2 aliphatic heterocycles. The quantitative estimate of drug-likeness (QED) is 0.829. The molecule has 158 valence electrons. The van der Waals surface area contributed by atoms with Gasteiger partial charge in [0.05, 0.1) is 0 Å². The number of rotatable bonds is 4. The van der Waals surface area contributed by atoms with Crippen LogP contribution < -0.4 is 5.32 Å². The molecule has 1 aromatic carbocycles. The summed E-state index contributed by atoms with van der Waals surface area (Å²) >= 11 is 0. The van der Waals surface area contributed by atoms with Crippen LogP contribution in [0.15, 0.2) is 24.3 Å². The first-order valence-electron chi connectivity index (χ1n) is 10.3. The molecule has 1 N–H and O–H groups in total. The van der Waals surface area contributed by atoms with Crippen molar-refractivity contribution in [3.8, 4) is 0 Å². The van der Waals surface area contributed by atoms with E-state index in [1.807, 2.05) is 4.90 Å². The zero-order valence-corrected chi connectivity index (χ0v) is 16.9. The van der Waals surface area contributed by atoms with E-state index in [4.69, 9.17) is 0 Å². The normalized spacial score (nSPS) is 18.3. The maximum Gasteiger partial charge on any atom is 0.320 e. The highest BCUT2D eigenvalue weighted by atomic mass is 19.1. The van der Waals surface area contributed by atoms with Crippen molar-refractivity contribution >= 4 is 17.8 Å². The number of hydrogen-bond donors (Lipinski definition) is 1. The van der Waals surface area contributed by atoms with Gasteiger partial charge in [-0.2, -0.15) is 0 Å². The highest BCUT2D eigenvalue weighted by molar-refractivity contribution is 5.87. The van der Waals surface area contributed by atoms with Crippen LogP contribution in [0.5, 0.6) is 0 Å². The molecule has 0 aromatic heterocycles. The van der Waals surface area contributed by atoms with Crippen molar-refractivity contribution in [2.45, 2.75) is 38.6 Å². The Kier molecular flexibility index (Phi) is 7.06. The molecular weight excluding hydrogens is 375 g/mol. The molecule has 1 unspecified atom stereocenters. The zero-order chi connectivity index (χ0) is 20.8. The molecule has 7 nitrogen and oxygen atoms in total. The van der Waals surface area contributed by atoms with Crippen LogP contribution in [-0.4, -0.2) is 77.9 Å². The van der Waals surface area contributed by atoms with E-state index in [1.165, 1.54) is 25.5 Å². The lowest BCUT2D eigenvalue weighted by molar-refractivity contribution is -0.137. The number of carbonyl (C=O) groups is 3. The molecule has 3 rings (SSSR count). The van der Waals surface area contributed by atoms with Gasteiger partial charge in [-0.25, -0.2) is 9.18 Å². The van der Waals surface area contributed by atoms with Crippen LogP contribution in [0.1, 0.15) is 31.7 Å². The summed E-state index contributed by atoms with van der Waals surface area (Å²) in [6.45, 7) is 4.78. The number of urea groups is 1. The molecule has 2 fully saturated rings. The number of hydrogen-bond acceptors (Lipinski definition) is 3. The van der Waals surface area contributed by atoms with E-state index in [2.05, 4.69) is 5.32 Å². The Morgan fingerprint density at radius 3 is 2.21 bits per heavy atom. The summed E-state index contributed by atoms with van der Waals surface area (Å²) in [5.41, 5.74) is 0.649. The number of nitrogens with zero attached hydrogens (tertiary/aromatic N) is 3. The van der Waals surface area contributed by atoms with Crippen molar-refractivity contribution in [3.05, 3.63) is 35.6 Å². The summed E-state index contributed by atoms with van der Waals surface area (Å²) in [5, 5.41) is 2.69. The Morgan fingerprint density at radius 2 is 1.59 bits per heavy atom. The first kappa shape index (κ1) is 21.1. The predicted octanol–water partition coefficient (Wildman–Crippen LogP) is 1.62. The molecule has 2 saturated heterocycles. The molecule has 0 aliphatic carbocycles. The van der Waals surface area contributed by atoms with Gasteiger partial charge < -0.3 is 20.0 Å². The van der Waals surface area contributed by atoms with E-state index >= 15 is 0 Å². The molecule has 0 radical (unpaired) electrons. The summed E-state index contributed by atoms with van der Waals surface area (Å²) in [7, 11) is 0. The number of piperidine rings is 1. The van der Waals surface area contributed by atoms with Gasteiger partial charge in [0.1, 0.15) is 11.9 Å². The molecule has 8 heteroatoms. The van der Waals surface area contributed by atoms with Gasteiger partial charge in [-0.1, -0.05) is 12.1 Å². The van der Waals surface area contributed by atoms with E-state index in [-0.39, 0.29) is 30.1 Å². The molecule has 29 heavy (non-hydrogen) atoms. The lowest BCUT2D eigenvalue weighted by Gasteiger charge is -2.39. The van der Waals surface area contributed by atoms with E-state index in [0.717, 1.165) is 25.9 Å². The fourth-order valence-corrected chi connectivity index (χ4v) is 3.97. The van der Waals surface area contributed by atoms with Gasteiger partial charge in [-0.15, -0.1) is 0 Å². The molecule has 0 spiro atoms. The van der Waals surface area contributed by atoms with E-state index < -0.39 is 6.04 Å². The maximum absolute atomic E-state index is 13.5. The Hall–Kier alpha value is -2.64. The SMILES string of the molecule is CC(=O)NC(Cc1cccc(F)c1)C(=O)N1CCN(C(=O)N2CCCCC2)CC1. The highest BCUT2D eigenvalue weighted by Crippen LogP contribution is 2.14. The average Bonchev–Trinajstić information content (AvgIpc) is 2.73. The van der Waals surface area contributed by atoms with Crippen LogP contribution in [-0.2, 0) is 16.0 Å². The first-order chi connectivity index (χ1) is 13.9. The smallest absolute Gasteiger partial charge is 0.320 e. The second kappa shape index (κ2) is 9.71. The standard InChI is InChI=1S/C21H29FN4O3/c1-16(27)23-19(15-17-6-5-7-18(22)14-17)20(28)24-10-12-26(13-11-24)21(29)25-8-3-2-4-9-25/h5-7,14,19H,2-4,8-13,15H2,1H3,(H,23,27). The molecule has 2 heterocycles. The molecule has 0 saturated carbocycles. The van der Waals surface area contributed by atoms with Gasteiger partial charge in [0.25, 0.3) is 0 Å².